The SMILES string of the molecule is CC(C)(N)CNOC(C)(C)C. The Morgan fingerprint density at radius 3 is 1.91 bits per heavy atom. The van der Waals surface area contributed by atoms with Crippen molar-refractivity contribution in [3.05, 3.63) is 0 Å². The summed E-state index contributed by atoms with van der Waals surface area (Å²) in [6.07, 6.45) is 0. The minimum atomic E-state index is -0.217. The third-order valence-electron chi connectivity index (χ3n) is 0.906. The van der Waals surface area contributed by atoms with E-state index in [4.69, 9.17) is 10.6 Å². The molecular weight excluding hydrogens is 140 g/mol. The van der Waals surface area contributed by atoms with Gasteiger partial charge >= 0.3 is 0 Å². The number of nitrogens with one attached hydrogen (secondary N) is 1. The van der Waals surface area contributed by atoms with E-state index in [1.54, 1.807) is 0 Å². The van der Waals surface area contributed by atoms with Gasteiger partial charge in [-0.1, -0.05) is 0 Å². The number of hydroxylamine groups is 1. The molecule has 0 atom stereocenters. The average molecular weight is 160 g/mol. The summed E-state index contributed by atoms with van der Waals surface area (Å²) in [6.45, 7) is 10.5. The van der Waals surface area contributed by atoms with Crippen LogP contribution >= 0.6 is 0 Å². The van der Waals surface area contributed by atoms with Crippen LogP contribution in [0.3, 0.4) is 0 Å². The van der Waals surface area contributed by atoms with Crippen LogP contribution in [0.5, 0.6) is 0 Å². The third-order valence-corrected chi connectivity index (χ3v) is 0.906. The summed E-state index contributed by atoms with van der Waals surface area (Å²) in [4.78, 5) is 5.28. The Morgan fingerprint density at radius 2 is 1.64 bits per heavy atom. The van der Waals surface area contributed by atoms with E-state index in [-0.39, 0.29) is 11.1 Å². The molecule has 0 bridgehead atoms. The van der Waals surface area contributed by atoms with Gasteiger partial charge in [-0.25, -0.2) is 5.48 Å². The van der Waals surface area contributed by atoms with Crippen LogP contribution in [0.2, 0.25) is 0 Å². The van der Waals surface area contributed by atoms with Crippen LogP contribution in [0, 0.1) is 0 Å². The van der Waals surface area contributed by atoms with E-state index in [1.165, 1.54) is 0 Å². The zero-order valence-corrected chi connectivity index (χ0v) is 8.19. The van der Waals surface area contributed by atoms with Gasteiger partial charge in [-0.05, 0) is 34.6 Å². The Labute approximate surface area is 69.3 Å². The molecule has 0 aromatic rings. The van der Waals surface area contributed by atoms with Crippen molar-refractivity contribution in [2.75, 3.05) is 6.54 Å². The Morgan fingerprint density at radius 1 is 1.18 bits per heavy atom. The predicted octanol–water partition coefficient (Wildman–Crippen LogP) is 1.04. The first-order valence-electron chi connectivity index (χ1n) is 3.90. The van der Waals surface area contributed by atoms with E-state index in [1.807, 2.05) is 34.6 Å². The maximum atomic E-state index is 5.72. The normalized spacial score (nSPS) is 13.6. The summed E-state index contributed by atoms with van der Waals surface area (Å²) in [5.41, 5.74) is 8.20. The minimum Gasteiger partial charge on any atom is -0.324 e. The number of nitrogens with two attached hydrogens (primary N) is 1. The largest absolute Gasteiger partial charge is 0.324 e. The number of rotatable bonds is 3. The molecule has 3 nitrogen and oxygen atoms in total. The summed E-state index contributed by atoms with van der Waals surface area (Å²) in [7, 11) is 0. The van der Waals surface area contributed by atoms with Crippen LogP contribution in [0.1, 0.15) is 34.6 Å². The summed E-state index contributed by atoms with van der Waals surface area (Å²) in [5, 5.41) is 0. The zero-order valence-electron chi connectivity index (χ0n) is 8.19. The topological polar surface area (TPSA) is 47.3 Å². The van der Waals surface area contributed by atoms with Gasteiger partial charge in [-0.2, -0.15) is 0 Å². The van der Waals surface area contributed by atoms with Crippen molar-refractivity contribution in [3.8, 4) is 0 Å². The highest BCUT2D eigenvalue weighted by Gasteiger charge is 2.14. The second kappa shape index (κ2) is 3.52. The molecule has 0 radical (unpaired) electrons. The molecule has 11 heavy (non-hydrogen) atoms. The quantitative estimate of drug-likeness (QED) is 0.606. The first-order valence-corrected chi connectivity index (χ1v) is 3.90. The lowest BCUT2D eigenvalue weighted by atomic mass is 10.1. The third kappa shape index (κ3) is 9.88. The van der Waals surface area contributed by atoms with Crippen molar-refractivity contribution in [1.29, 1.82) is 0 Å². The van der Waals surface area contributed by atoms with Crippen LogP contribution in [0.25, 0.3) is 0 Å². The van der Waals surface area contributed by atoms with E-state index in [9.17, 15) is 0 Å². The Hall–Kier alpha value is -0.120. The lowest BCUT2D eigenvalue weighted by molar-refractivity contribution is -0.0770. The molecule has 0 aliphatic rings. The fourth-order valence-electron chi connectivity index (χ4n) is 0.439. The van der Waals surface area contributed by atoms with E-state index in [2.05, 4.69) is 5.48 Å². The Bertz CT molecular complexity index is 96.2. The van der Waals surface area contributed by atoms with Gasteiger partial charge in [0.1, 0.15) is 0 Å². The fourth-order valence-corrected chi connectivity index (χ4v) is 0.439. The summed E-state index contributed by atoms with van der Waals surface area (Å²) >= 11 is 0. The Kier molecular flexibility index (Phi) is 3.48. The fraction of sp³-hybridized carbons (Fsp3) is 1.00. The van der Waals surface area contributed by atoms with E-state index >= 15 is 0 Å². The van der Waals surface area contributed by atoms with E-state index < -0.39 is 0 Å². The van der Waals surface area contributed by atoms with Gasteiger partial charge in [-0.15, -0.1) is 0 Å². The molecule has 0 aromatic carbocycles. The van der Waals surface area contributed by atoms with Gasteiger partial charge in [0.05, 0.1) is 5.60 Å². The second-order valence-electron chi connectivity index (χ2n) is 4.52. The highest BCUT2D eigenvalue weighted by Crippen LogP contribution is 2.04. The lowest BCUT2D eigenvalue weighted by Crippen LogP contribution is -2.45. The molecule has 0 spiro atoms. The molecule has 0 aliphatic heterocycles. The van der Waals surface area contributed by atoms with Gasteiger partial charge in [-0.3, -0.25) is 4.84 Å². The maximum absolute atomic E-state index is 5.72. The molecule has 0 saturated heterocycles. The molecule has 3 heteroatoms. The van der Waals surface area contributed by atoms with Gasteiger partial charge in [0.25, 0.3) is 0 Å². The van der Waals surface area contributed by atoms with Crippen molar-refractivity contribution in [1.82, 2.24) is 5.48 Å². The molecule has 0 rings (SSSR count). The number of hydrogen-bond acceptors (Lipinski definition) is 3. The molecule has 0 fully saturated rings. The summed E-state index contributed by atoms with van der Waals surface area (Å²) in [6, 6.07) is 0. The van der Waals surface area contributed by atoms with Gasteiger partial charge in [0, 0.05) is 12.1 Å². The van der Waals surface area contributed by atoms with Gasteiger partial charge in [0.15, 0.2) is 0 Å². The zero-order chi connectivity index (χ0) is 9.12. The molecule has 0 aliphatic carbocycles. The van der Waals surface area contributed by atoms with E-state index in [0.717, 1.165) is 0 Å². The van der Waals surface area contributed by atoms with Crippen molar-refractivity contribution in [2.24, 2.45) is 5.73 Å². The van der Waals surface area contributed by atoms with Crippen molar-refractivity contribution >= 4 is 0 Å². The van der Waals surface area contributed by atoms with Crippen molar-refractivity contribution < 1.29 is 4.84 Å². The summed E-state index contributed by atoms with van der Waals surface area (Å²) < 4.78 is 0. The minimum absolute atomic E-state index is 0.148. The molecule has 0 unspecified atom stereocenters. The first kappa shape index (κ1) is 10.9. The molecule has 0 heterocycles. The monoisotopic (exact) mass is 160 g/mol. The summed E-state index contributed by atoms with van der Waals surface area (Å²) in [5.74, 6) is 0. The predicted molar refractivity (Wildman–Crippen MR) is 47.1 cm³/mol. The van der Waals surface area contributed by atoms with Crippen LogP contribution in [-0.2, 0) is 4.84 Å². The molecule has 0 aromatic heterocycles. The second-order valence-corrected chi connectivity index (χ2v) is 4.52. The smallest absolute Gasteiger partial charge is 0.0812 e. The van der Waals surface area contributed by atoms with Gasteiger partial charge < -0.3 is 5.73 Å². The van der Waals surface area contributed by atoms with Crippen molar-refractivity contribution in [3.63, 3.8) is 0 Å². The standard InChI is InChI=1S/C8H20N2O/c1-7(2,3)11-10-6-8(4,5)9/h10H,6,9H2,1-5H3. The van der Waals surface area contributed by atoms with Crippen LogP contribution in [0.4, 0.5) is 0 Å². The molecule has 3 N–H and O–H groups in total. The van der Waals surface area contributed by atoms with E-state index in [0.29, 0.717) is 6.54 Å². The molecular formula is C8H20N2O. The first-order chi connectivity index (χ1) is 4.71. The lowest BCUT2D eigenvalue weighted by Gasteiger charge is -2.24. The van der Waals surface area contributed by atoms with Crippen LogP contribution in [-0.4, -0.2) is 17.7 Å². The molecule has 0 saturated carbocycles. The number of hydrogen-bond donors (Lipinski definition) is 2. The highest BCUT2D eigenvalue weighted by molar-refractivity contribution is 4.72. The van der Waals surface area contributed by atoms with Crippen molar-refractivity contribution in [2.45, 2.75) is 45.8 Å². The Balaban J connectivity index is 3.44. The average Bonchev–Trinajstić information content (AvgIpc) is 1.55. The molecule has 0 amide bonds. The van der Waals surface area contributed by atoms with Crippen LogP contribution < -0.4 is 11.2 Å². The molecule has 68 valence electrons. The maximum Gasteiger partial charge on any atom is 0.0812 e. The highest BCUT2D eigenvalue weighted by atomic mass is 16.7. The van der Waals surface area contributed by atoms with Crippen LogP contribution in [0.15, 0.2) is 0 Å². The van der Waals surface area contributed by atoms with Gasteiger partial charge in [0.2, 0.25) is 0 Å².